The van der Waals surface area contributed by atoms with Crippen molar-refractivity contribution in [3.8, 4) is 11.6 Å². The fourth-order valence-electron chi connectivity index (χ4n) is 1.64. The summed E-state index contributed by atoms with van der Waals surface area (Å²) in [5, 5.41) is 18.4. The van der Waals surface area contributed by atoms with Gasteiger partial charge in [0.2, 0.25) is 5.88 Å². The lowest BCUT2D eigenvalue weighted by atomic mass is 10.1. The maximum Gasteiger partial charge on any atom is 0.419 e. The lowest BCUT2D eigenvalue weighted by Crippen LogP contribution is -1.93. The molecule has 17 heavy (non-hydrogen) atoms. The molecule has 0 aliphatic carbocycles. The van der Waals surface area contributed by atoms with Crippen molar-refractivity contribution in [3.63, 3.8) is 0 Å². The molecule has 0 spiro atoms. The predicted octanol–water partition coefficient (Wildman–Crippen LogP) is 1.55. The maximum atomic E-state index is 10.8. The van der Waals surface area contributed by atoms with Gasteiger partial charge in [-0.15, -0.1) is 0 Å². The number of oxazole rings is 1. The lowest BCUT2D eigenvalue weighted by Gasteiger charge is -2.00. The number of hydrogen-bond donors (Lipinski definition) is 3. The minimum atomic E-state index is -0.637. The van der Waals surface area contributed by atoms with Gasteiger partial charge in [-0.25, -0.2) is 4.79 Å². The molecule has 2 aromatic rings. The molecule has 5 nitrogen and oxygen atoms in total. The second kappa shape index (κ2) is 4.78. The van der Waals surface area contributed by atoms with Crippen molar-refractivity contribution >= 4 is 0 Å². The van der Waals surface area contributed by atoms with Gasteiger partial charge in [-0.1, -0.05) is 12.1 Å². The smallest absolute Gasteiger partial charge is 0.419 e. The molecule has 0 fully saturated rings. The monoisotopic (exact) mass is 235 g/mol. The summed E-state index contributed by atoms with van der Waals surface area (Å²) in [4.78, 5) is 12.9. The molecular formula is C12H13NO4. The van der Waals surface area contributed by atoms with Crippen molar-refractivity contribution in [2.24, 2.45) is 0 Å². The van der Waals surface area contributed by atoms with E-state index in [1.165, 1.54) is 0 Å². The fourth-order valence-corrected chi connectivity index (χ4v) is 1.64. The molecule has 0 bridgehead atoms. The predicted molar refractivity (Wildman–Crippen MR) is 61.1 cm³/mol. The van der Waals surface area contributed by atoms with Crippen molar-refractivity contribution in [3.05, 3.63) is 46.1 Å². The van der Waals surface area contributed by atoms with E-state index in [1.54, 1.807) is 12.1 Å². The van der Waals surface area contributed by atoms with Crippen LogP contribution in [0.3, 0.4) is 0 Å². The van der Waals surface area contributed by atoms with Gasteiger partial charge in [0, 0.05) is 6.42 Å². The molecule has 0 aliphatic heterocycles. The standard InChI is InChI=1S/C12H13NO4/c14-9-6-4-8(5-7-9)2-1-3-10-11(15)13-12(16)17-10/h4-7,14-15H,1-3H2,(H,13,16). The zero-order valence-electron chi connectivity index (χ0n) is 9.14. The molecule has 0 aliphatic rings. The molecule has 0 unspecified atom stereocenters. The Morgan fingerprint density at radius 2 is 1.82 bits per heavy atom. The molecule has 5 heteroatoms. The van der Waals surface area contributed by atoms with E-state index in [0.717, 1.165) is 18.4 Å². The third kappa shape index (κ3) is 2.90. The summed E-state index contributed by atoms with van der Waals surface area (Å²) < 4.78 is 4.77. The van der Waals surface area contributed by atoms with E-state index < -0.39 is 5.76 Å². The van der Waals surface area contributed by atoms with E-state index >= 15 is 0 Å². The number of aromatic amines is 1. The Hall–Kier alpha value is -2.17. The van der Waals surface area contributed by atoms with Crippen LogP contribution >= 0.6 is 0 Å². The van der Waals surface area contributed by atoms with Crippen LogP contribution in [0.15, 0.2) is 33.5 Å². The topological polar surface area (TPSA) is 86.5 Å². The molecule has 0 saturated heterocycles. The summed E-state index contributed by atoms with van der Waals surface area (Å²) in [6.45, 7) is 0. The van der Waals surface area contributed by atoms with E-state index in [2.05, 4.69) is 4.98 Å². The molecule has 0 atom stereocenters. The lowest BCUT2D eigenvalue weighted by molar-refractivity contribution is 0.417. The van der Waals surface area contributed by atoms with Crippen LogP contribution in [-0.2, 0) is 12.8 Å². The summed E-state index contributed by atoms with van der Waals surface area (Å²) in [7, 11) is 0. The molecule has 1 aromatic carbocycles. The molecule has 1 aromatic heterocycles. The maximum absolute atomic E-state index is 10.8. The highest BCUT2D eigenvalue weighted by Gasteiger charge is 2.07. The first-order valence-corrected chi connectivity index (χ1v) is 5.34. The Morgan fingerprint density at radius 3 is 2.41 bits per heavy atom. The minimum Gasteiger partial charge on any atom is -0.508 e. The van der Waals surface area contributed by atoms with Gasteiger partial charge >= 0.3 is 5.76 Å². The van der Waals surface area contributed by atoms with E-state index in [4.69, 9.17) is 9.52 Å². The Morgan fingerprint density at radius 1 is 1.12 bits per heavy atom. The first-order valence-electron chi connectivity index (χ1n) is 5.34. The second-order valence-electron chi connectivity index (χ2n) is 3.81. The molecule has 3 N–H and O–H groups in total. The number of hydrogen-bond acceptors (Lipinski definition) is 4. The Bertz CT molecular complexity index is 538. The first-order chi connectivity index (χ1) is 8.15. The van der Waals surface area contributed by atoms with Gasteiger partial charge in [-0.3, -0.25) is 4.98 Å². The Labute approximate surface area is 97.3 Å². The van der Waals surface area contributed by atoms with Gasteiger partial charge in [-0.05, 0) is 30.5 Å². The van der Waals surface area contributed by atoms with Crippen molar-refractivity contribution in [1.82, 2.24) is 4.98 Å². The van der Waals surface area contributed by atoms with Crippen LogP contribution in [0.5, 0.6) is 11.6 Å². The highest BCUT2D eigenvalue weighted by molar-refractivity contribution is 5.26. The van der Waals surface area contributed by atoms with Crippen LogP contribution in [0, 0.1) is 0 Å². The Balaban J connectivity index is 1.89. The number of nitrogens with one attached hydrogen (secondary N) is 1. The molecule has 0 saturated carbocycles. The van der Waals surface area contributed by atoms with E-state index in [-0.39, 0.29) is 17.4 Å². The Kier molecular flexibility index (Phi) is 3.18. The van der Waals surface area contributed by atoms with Crippen LogP contribution in [0.4, 0.5) is 0 Å². The summed E-state index contributed by atoms with van der Waals surface area (Å²) in [5.41, 5.74) is 1.08. The van der Waals surface area contributed by atoms with Crippen molar-refractivity contribution < 1.29 is 14.6 Å². The van der Waals surface area contributed by atoms with Gasteiger partial charge < -0.3 is 14.6 Å². The third-order valence-electron chi connectivity index (χ3n) is 2.51. The van der Waals surface area contributed by atoms with Gasteiger partial charge in [0.25, 0.3) is 0 Å². The van der Waals surface area contributed by atoms with Crippen LogP contribution in [0.25, 0.3) is 0 Å². The van der Waals surface area contributed by atoms with E-state index in [1.807, 2.05) is 12.1 Å². The van der Waals surface area contributed by atoms with Crippen molar-refractivity contribution in [1.29, 1.82) is 0 Å². The summed E-state index contributed by atoms with van der Waals surface area (Å²) in [5.74, 6) is -0.306. The second-order valence-corrected chi connectivity index (χ2v) is 3.81. The summed E-state index contributed by atoms with van der Waals surface area (Å²) in [6.07, 6.45) is 2.03. The van der Waals surface area contributed by atoms with Crippen LogP contribution in [0.2, 0.25) is 0 Å². The highest BCUT2D eigenvalue weighted by atomic mass is 16.4. The summed E-state index contributed by atoms with van der Waals surface area (Å²) in [6, 6.07) is 6.93. The SMILES string of the molecule is O=c1[nH]c(O)c(CCCc2ccc(O)cc2)o1. The van der Waals surface area contributed by atoms with Gasteiger partial charge in [0.05, 0.1) is 0 Å². The van der Waals surface area contributed by atoms with Crippen molar-refractivity contribution in [2.75, 3.05) is 0 Å². The number of H-pyrrole nitrogens is 1. The molecule has 90 valence electrons. The van der Waals surface area contributed by atoms with Gasteiger partial charge in [0.15, 0.2) is 5.76 Å². The molecule has 0 radical (unpaired) electrons. The number of aryl methyl sites for hydroxylation is 2. The normalized spacial score (nSPS) is 10.6. The molecule has 0 amide bonds. The van der Waals surface area contributed by atoms with Crippen LogP contribution in [-0.4, -0.2) is 15.2 Å². The number of aromatic nitrogens is 1. The number of phenolic OH excluding ortho intramolecular Hbond substituents is 1. The largest absolute Gasteiger partial charge is 0.508 e. The average molecular weight is 235 g/mol. The van der Waals surface area contributed by atoms with Crippen molar-refractivity contribution in [2.45, 2.75) is 19.3 Å². The zero-order valence-corrected chi connectivity index (χ0v) is 9.14. The average Bonchev–Trinajstić information content (AvgIpc) is 2.60. The molecule has 1 heterocycles. The number of rotatable bonds is 4. The van der Waals surface area contributed by atoms with E-state index in [0.29, 0.717) is 6.42 Å². The molecular weight excluding hydrogens is 222 g/mol. The zero-order chi connectivity index (χ0) is 12.3. The van der Waals surface area contributed by atoms with E-state index in [9.17, 15) is 9.90 Å². The number of benzene rings is 1. The summed E-state index contributed by atoms with van der Waals surface area (Å²) >= 11 is 0. The number of phenols is 1. The fraction of sp³-hybridized carbons (Fsp3) is 0.250. The quantitative estimate of drug-likeness (QED) is 0.750. The molecule has 2 rings (SSSR count). The van der Waals surface area contributed by atoms with Gasteiger partial charge in [0.1, 0.15) is 5.75 Å². The highest BCUT2D eigenvalue weighted by Crippen LogP contribution is 2.16. The number of aromatic hydroxyl groups is 2. The van der Waals surface area contributed by atoms with Gasteiger partial charge in [-0.2, -0.15) is 0 Å². The minimum absolute atomic E-state index is 0.194. The first kappa shape index (κ1) is 11.3. The van der Waals surface area contributed by atoms with Crippen LogP contribution < -0.4 is 5.76 Å². The third-order valence-corrected chi connectivity index (χ3v) is 2.51. The van der Waals surface area contributed by atoms with Crippen LogP contribution in [0.1, 0.15) is 17.7 Å².